The maximum Gasteiger partial charge on any atom is 0.295 e. The summed E-state index contributed by atoms with van der Waals surface area (Å²) in [5.74, 6) is -1.75. The van der Waals surface area contributed by atoms with E-state index in [9.17, 15) is 14.3 Å². The summed E-state index contributed by atoms with van der Waals surface area (Å²) in [6.07, 6.45) is 0. The molecule has 1 amide bonds. The number of nitrogens with zero attached hydrogens (tertiary/aromatic N) is 1. The number of carbonyl (C=O) groups excluding carboxylic acids is 1. The van der Waals surface area contributed by atoms with E-state index >= 15 is 0 Å². The minimum Gasteiger partial charge on any atom is -0.502 e. The second kappa shape index (κ2) is 7.38. The monoisotopic (exact) mass is 425 g/mol. The summed E-state index contributed by atoms with van der Waals surface area (Å²) in [6, 6.07) is 10.7. The van der Waals surface area contributed by atoms with Crippen molar-refractivity contribution in [2.45, 2.75) is 31.6 Å². The van der Waals surface area contributed by atoms with Gasteiger partial charge in [0.15, 0.2) is 11.6 Å². The van der Waals surface area contributed by atoms with E-state index in [0.29, 0.717) is 15.5 Å². The second-order valence-electron chi connectivity index (χ2n) is 7.13. The van der Waals surface area contributed by atoms with Crippen LogP contribution < -0.4 is 4.90 Å². The van der Waals surface area contributed by atoms with Gasteiger partial charge in [-0.25, -0.2) is 4.39 Å². The zero-order valence-corrected chi connectivity index (χ0v) is 17.3. The Morgan fingerprint density at radius 2 is 1.74 bits per heavy atom. The van der Waals surface area contributed by atoms with Crippen molar-refractivity contribution in [3.63, 3.8) is 0 Å². The Labute approximate surface area is 171 Å². The van der Waals surface area contributed by atoms with Gasteiger partial charge in [0.05, 0.1) is 21.7 Å². The van der Waals surface area contributed by atoms with E-state index in [0.717, 1.165) is 0 Å². The number of benzene rings is 2. The van der Waals surface area contributed by atoms with E-state index in [1.54, 1.807) is 30.3 Å². The summed E-state index contributed by atoms with van der Waals surface area (Å²) >= 11 is 13.3. The number of hydrogen-bond donors (Lipinski definition) is 1. The first kappa shape index (κ1) is 20.1. The quantitative estimate of drug-likeness (QED) is 0.607. The van der Waals surface area contributed by atoms with Gasteiger partial charge in [-0.3, -0.25) is 9.69 Å². The van der Waals surface area contributed by atoms with Crippen molar-refractivity contribution in [3.05, 3.63) is 74.6 Å². The summed E-state index contributed by atoms with van der Waals surface area (Å²) in [4.78, 5) is 14.6. The Bertz CT molecular complexity index is 923. The van der Waals surface area contributed by atoms with Gasteiger partial charge in [0, 0.05) is 9.77 Å². The van der Waals surface area contributed by atoms with E-state index in [2.05, 4.69) is 0 Å². The van der Waals surface area contributed by atoms with E-state index in [-0.39, 0.29) is 21.2 Å². The zero-order valence-electron chi connectivity index (χ0n) is 15.0. The highest BCUT2D eigenvalue weighted by Crippen LogP contribution is 2.49. The lowest BCUT2D eigenvalue weighted by Crippen LogP contribution is -2.31. The fourth-order valence-corrected chi connectivity index (χ4v) is 4.38. The minimum absolute atomic E-state index is 0.0171. The lowest BCUT2D eigenvalue weighted by molar-refractivity contribution is -0.117. The molecule has 1 atom stereocenters. The van der Waals surface area contributed by atoms with E-state index in [1.165, 1.54) is 28.8 Å². The third-order valence-corrected chi connectivity index (χ3v) is 5.75. The molecule has 1 heterocycles. The molecule has 0 saturated carbocycles. The van der Waals surface area contributed by atoms with Gasteiger partial charge >= 0.3 is 0 Å². The van der Waals surface area contributed by atoms with Gasteiger partial charge in [0.25, 0.3) is 5.91 Å². The van der Waals surface area contributed by atoms with Crippen molar-refractivity contribution in [2.24, 2.45) is 0 Å². The van der Waals surface area contributed by atoms with Gasteiger partial charge in [0.2, 0.25) is 0 Å². The van der Waals surface area contributed by atoms with Crippen LogP contribution in [0.25, 0.3) is 0 Å². The molecule has 0 aliphatic carbocycles. The Morgan fingerprint density at radius 3 is 2.33 bits per heavy atom. The fourth-order valence-electron chi connectivity index (χ4n) is 2.89. The average Bonchev–Trinajstić information content (AvgIpc) is 2.82. The molecule has 2 aromatic carbocycles. The molecule has 1 N–H and O–H groups in total. The molecule has 0 radical (unpaired) electrons. The number of amides is 1. The molecular formula is C20H18Cl2FNO2S. The molecule has 0 spiro atoms. The van der Waals surface area contributed by atoms with Gasteiger partial charge in [-0.05, 0) is 29.8 Å². The van der Waals surface area contributed by atoms with Crippen LogP contribution >= 0.6 is 35.0 Å². The number of carbonyl (C=O) groups is 1. The van der Waals surface area contributed by atoms with Crippen LogP contribution in [0.2, 0.25) is 10.0 Å². The van der Waals surface area contributed by atoms with Crippen molar-refractivity contribution >= 4 is 46.6 Å². The molecule has 1 unspecified atom stereocenters. The predicted octanol–water partition coefficient (Wildman–Crippen LogP) is 6.52. The number of rotatable bonds is 3. The maximum atomic E-state index is 14.7. The molecule has 0 bridgehead atoms. The average molecular weight is 426 g/mol. The highest BCUT2D eigenvalue weighted by Gasteiger charge is 2.44. The molecule has 7 heteroatoms. The third kappa shape index (κ3) is 3.96. The lowest BCUT2D eigenvalue weighted by Gasteiger charge is -2.29. The number of aliphatic hydroxyl groups excluding tert-OH is 1. The molecule has 0 fully saturated rings. The molecule has 1 aliphatic rings. The number of anilines is 1. The first-order valence-corrected chi connectivity index (χ1v) is 9.82. The van der Waals surface area contributed by atoms with Crippen LogP contribution in [0.3, 0.4) is 0 Å². The SMILES string of the molecule is CC(C)(C)SC1=C(O)C(=O)N(c2cccc(Cl)c2F)C1c1ccc(Cl)cc1. The van der Waals surface area contributed by atoms with Crippen LogP contribution in [0, 0.1) is 5.82 Å². The molecular weight excluding hydrogens is 408 g/mol. The van der Waals surface area contributed by atoms with Crippen LogP contribution in [0.15, 0.2) is 53.1 Å². The molecule has 27 heavy (non-hydrogen) atoms. The van der Waals surface area contributed by atoms with Gasteiger partial charge < -0.3 is 5.11 Å². The van der Waals surface area contributed by atoms with Gasteiger partial charge in [0.1, 0.15) is 0 Å². The van der Waals surface area contributed by atoms with Crippen molar-refractivity contribution in [1.29, 1.82) is 0 Å². The fraction of sp³-hybridized carbons (Fsp3) is 0.250. The van der Waals surface area contributed by atoms with Gasteiger partial charge in [-0.1, -0.05) is 62.2 Å². The van der Waals surface area contributed by atoms with Crippen molar-refractivity contribution in [1.82, 2.24) is 0 Å². The van der Waals surface area contributed by atoms with Crippen LogP contribution in [-0.4, -0.2) is 15.8 Å². The first-order valence-electron chi connectivity index (χ1n) is 8.25. The largest absolute Gasteiger partial charge is 0.502 e. The summed E-state index contributed by atoms with van der Waals surface area (Å²) < 4.78 is 14.5. The summed E-state index contributed by atoms with van der Waals surface area (Å²) in [7, 11) is 0. The van der Waals surface area contributed by atoms with Crippen LogP contribution in [0.5, 0.6) is 0 Å². The highest BCUT2D eigenvalue weighted by atomic mass is 35.5. The summed E-state index contributed by atoms with van der Waals surface area (Å²) in [5, 5.41) is 11.0. The van der Waals surface area contributed by atoms with Crippen LogP contribution in [0.4, 0.5) is 10.1 Å². The Morgan fingerprint density at radius 1 is 1.11 bits per heavy atom. The molecule has 0 aromatic heterocycles. The second-order valence-corrected chi connectivity index (χ2v) is 9.84. The zero-order chi connectivity index (χ0) is 19.9. The van der Waals surface area contributed by atoms with Gasteiger partial charge in [-0.15, -0.1) is 11.8 Å². The lowest BCUT2D eigenvalue weighted by atomic mass is 10.1. The minimum atomic E-state index is -0.707. The van der Waals surface area contributed by atoms with Crippen LogP contribution in [-0.2, 0) is 4.79 Å². The number of hydrogen-bond acceptors (Lipinski definition) is 3. The van der Waals surface area contributed by atoms with E-state index in [1.807, 2.05) is 20.8 Å². The Kier molecular flexibility index (Phi) is 5.48. The Balaban J connectivity index is 2.19. The number of thioether (sulfide) groups is 1. The summed E-state index contributed by atoms with van der Waals surface area (Å²) in [5.41, 5.74) is 0.728. The van der Waals surface area contributed by atoms with E-state index < -0.39 is 17.8 Å². The molecule has 0 saturated heterocycles. The predicted molar refractivity (Wildman–Crippen MR) is 110 cm³/mol. The van der Waals surface area contributed by atoms with Gasteiger partial charge in [-0.2, -0.15) is 0 Å². The smallest absolute Gasteiger partial charge is 0.295 e. The maximum absolute atomic E-state index is 14.7. The Hall–Kier alpha value is -1.69. The molecule has 3 nitrogen and oxygen atoms in total. The molecule has 142 valence electrons. The summed E-state index contributed by atoms with van der Waals surface area (Å²) in [6.45, 7) is 5.93. The van der Waals surface area contributed by atoms with Crippen LogP contribution in [0.1, 0.15) is 32.4 Å². The van der Waals surface area contributed by atoms with Crippen molar-refractivity contribution in [3.8, 4) is 0 Å². The number of aliphatic hydroxyl groups is 1. The molecule has 3 rings (SSSR count). The molecule has 1 aliphatic heterocycles. The standard InChI is InChI=1S/C20H18Cl2FNO2S/c1-20(2,3)27-18-16(11-7-9-12(21)10-8-11)24(19(26)17(18)25)14-6-4-5-13(22)15(14)23/h4-10,16,25H,1-3H3. The van der Waals surface area contributed by atoms with Crippen molar-refractivity contribution < 1.29 is 14.3 Å². The highest BCUT2D eigenvalue weighted by molar-refractivity contribution is 8.04. The number of halogens is 3. The van der Waals surface area contributed by atoms with E-state index in [4.69, 9.17) is 23.2 Å². The third-order valence-electron chi connectivity index (χ3n) is 3.95. The van der Waals surface area contributed by atoms with Crippen molar-refractivity contribution in [2.75, 3.05) is 4.90 Å². The molecule has 2 aromatic rings. The topological polar surface area (TPSA) is 40.5 Å². The normalized spacial score (nSPS) is 17.8. The first-order chi connectivity index (χ1) is 12.6.